The summed E-state index contributed by atoms with van der Waals surface area (Å²) < 4.78 is 1.80. The first kappa shape index (κ1) is 22.0. The zero-order chi connectivity index (χ0) is 18.7. The molecule has 2 rings (SSSR count). The van der Waals surface area contributed by atoms with Crippen LogP contribution in [0.4, 0.5) is 0 Å². The first-order valence-corrected chi connectivity index (χ1v) is 16.1. The molecule has 0 saturated carbocycles. The standard InChI is InChI=1S/C22H32NPSSe/c1-3-17-23(18-4-2)26-24(25,19-15-21-11-7-5-8-12-21)20-16-22-13-9-6-10-14-22/h5-14H,3-4,15-20H2,1-2H3/q+1/p+1. The van der Waals surface area contributed by atoms with Crippen LogP contribution in [-0.4, -0.2) is 40.1 Å². The SMILES string of the molecule is CCC[NH+](CCC)[Se][P+]([S])(CCc1ccccc1)CCc1ccccc1. The summed E-state index contributed by atoms with van der Waals surface area (Å²) in [6.45, 7) is 7.21. The van der Waals surface area contributed by atoms with Gasteiger partial charge in [-0.05, 0) is 0 Å². The first-order valence-electron chi connectivity index (χ1n) is 9.85. The molecule has 26 heavy (non-hydrogen) atoms. The van der Waals surface area contributed by atoms with Crippen LogP contribution in [0.25, 0.3) is 0 Å². The number of hydrogen-bond acceptors (Lipinski definition) is 0. The van der Waals surface area contributed by atoms with Gasteiger partial charge in [-0.1, -0.05) is 0 Å². The van der Waals surface area contributed by atoms with Gasteiger partial charge in [0.1, 0.15) is 0 Å². The van der Waals surface area contributed by atoms with Gasteiger partial charge in [0.15, 0.2) is 0 Å². The molecule has 2 aromatic carbocycles. The molecule has 0 aliphatic heterocycles. The molecule has 0 aromatic heterocycles. The maximum atomic E-state index is 6.42. The molecule has 0 bridgehead atoms. The summed E-state index contributed by atoms with van der Waals surface area (Å²) in [4.78, 5) is 0. The number of quaternary nitrogens is 1. The first-order chi connectivity index (χ1) is 12.6. The van der Waals surface area contributed by atoms with Crippen LogP contribution in [0.15, 0.2) is 60.7 Å². The fourth-order valence-corrected chi connectivity index (χ4v) is 14.8. The van der Waals surface area contributed by atoms with E-state index in [2.05, 4.69) is 74.5 Å². The predicted octanol–water partition coefficient (Wildman–Crippen LogP) is 4.84. The summed E-state index contributed by atoms with van der Waals surface area (Å²) in [6, 6.07) is 21.8. The van der Waals surface area contributed by atoms with Crippen molar-refractivity contribution in [2.75, 3.05) is 25.4 Å². The Morgan fingerprint density at radius 3 is 1.58 bits per heavy atom. The minimum atomic E-state index is -1.31. The van der Waals surface area contributed by atoms with Gasteiger partial charge in [0.05, 0.1) is 0 Å². The van der Waals surface area contributed by atoms with E-state index in [4.69, 9.17) is 12.2 Å². The van der Waals surface area contributed by atoms with Crippen molar-refractivity contribution >= 4 is 32.1 Å². The van der Waals surface area contributed by atoms with Crippen molar-refractivity contribution in [3.63, 3.8) is 0 Å². The average Bonchev–Trinajstić information content (AvgIpc) is 2.67. The maximum absolute atomic E-state index is 6.42. The van der Waals surface area contributed by atoms with Gasteiger partial charge >= 0.3 is 173 Å². The quantitative estimate of drug-likeness (QED) is 0.347. The second-order valence-corrected chi connectivity index (χ2v) is 20.0. The molecular weight excluding hydrogens is 420 g/mol. The third-order valence-electron chi connectivity index (χ3n) is 4.52. The minimum absolute atomic E-state index is 0.553. The van der Waals surface area contributed by atoms with Gasteiger partial charge in [-0.3, -0.25) is 0 Å². The van der Waals surface area contributed by atoms with Crippen molar-refractivity contribution < 1.29 is 3.92 Å². The van der Waals surface area contributed by atoms with E-state index in [-0.39, 0.29) is 0 Å². The summed E-state index contributed by atoms with van der Waals surface area (Å²) in [6.07, 6.45) is 7.31. The third-order valence-corrected chi connectivity index (χ3v) is 16.1. The number of aryl methyl sites for hydroxylation is 2. The molecule has 0 atom stereocenters. The summed E-state index contributed by atoms with van der Waals surface area (Å²) in [5.74, 6) is 0. The number of rotatable bonds is 12. The number of hydrogen-bond donors (Lipinski definition) is 1. The zero-order valence-corrected chi connectivity index (χ0v) is 19.6. The van der Waals surface area contributed by atoms with Crippen LogP contribution >= 0.6 is 17.4 Å². The fourth-order valence-electron chi connectivity index (χ4n) is 3.10. The van der Waals surface area contributed by atoms with Crippen molar-refractivity contribution in [2.24, 2.45) is 0 Å². The van der Waals surface area contributed by atoms with E-state index in [0.29, 0.717) is 14.7 Å². The van der Waals surface area contributed by atoms with Gasteiger partial charge in [0.2, 0.25) is 0 Å². The van der Waals surface area contributed by atoms with E-state index in [9.17, 15) is 0 Å². The van der Waals surface area contributed by atoms with Gasteiger partial charge in [0, 0.05) is 0 Å². The van der Waals surface area contributed by atoms with Crippen LogP contribution in [0.5, 0.6) is 0 Å². The molecule has 0 aliphatic rings. The van der Waals surface area contributed by atoms with Crippen LogP contribution in [0.3, 0.4) is 0 Å². The van der Waals surface area contributed by atoms with Gasteiger partial charge < -0.3 is 0 Å². The number of nitrogens with one attached hydrogen (secondary N) is 1. The Kier molecular flexibility index (Phi) is 10.3. The molecule has 2 aromatic rings. The van der Waals surface area contributed by atoms with Gasteiger partial charge in [-0.15, -0.1) is 0 Å². The van der Waals surface area contributed by atoms with E-state index >= 15 is 0 Å². The molecule has 0 aliphatic carbocycles. The third kappa shape index (κ3) is 8.15. The Morgan fingerprint density at radius 2 is 1.19 bits per heavy atom. The summed E-state index contributed by atoms with van der Waals surface area (Å²) in [7, 11) is 0. The number of benzene rings is 2. The molecule has 0 spiro atoms. The normalized spacial score (nSPS) is 11.8. The monoisotopic (exact) mass is 454 g/mol. The molecule has 4 heteroatoms. The van der Waals surface area contributed by atoms with Gasteiger partial charge in [-0.2, -0.15) is 0 Å². The van der Waals surface area contributed by atoms with E-state index in [0.717, 1.165) is 12.8 Å². The predicted molar refractivity (Wildman–Crippen MR) is 122 cm³/mol. The molecule has 0 unspecified atom stereocenters. The molecule has 1 nitrogen and oxygen atoms in total. The van der Waals surface area contributed by atoms with E-state index in [1.807, 2.05) is 0 Å². The summed E-state index contributed by atoms with van der Waals surface area (Å²) in [5.41, 5.74) is 2.90. The molecule has 1 radical (unpaired) electrons. The zero-order valence-electron chi connectivity index (χ0n) is 16.2. The van der Waals surface area contributed by atoms with Crippen LogP contribution < -0.4 is 3.92 Å². The van der Waals surface area contributed by atoms with Crippen molar-refractivity contribution in [3.05, 3.63) is 71.8 Å². The van der Waals surface area contributed by atoms with Crippen molar-refractivity contribution in [1.82, 2.24) is 0 Å². The average molecular weight is 454 g/mol. The van der Waals surface area contributed by atoms with Crippen LogP contribution in [0.2, 0.25) is 0 Å². The van der Waals surface area contributed by atoms with Crippen LogP contribution in [0, 0.1) is 0 Å². The molecule has 0 saturated heterocycles. The Labute approximate surface area is 172 Å². The van der Waals surface area contributed by atoms with E-state index in [1.165, 1.54) is 49.4 Å². The Balaban J connectivity index is 2.04. The van der Waals surface area contributed by atoms with Crippen molar-refractivity contribution in [2.45, 2.75) is 39.5 Å². The Morgan fingerprint density at radius 1 is 0.769 bits per heavy atom. The molecule has 0 fully saturated rings. The second-order valence-electron chi connectivity index (χ2n) is 6.86. The van der Waals surface area contributed by atoms with E-state index in [1.54, 1.807) is 3.92 Å². The van der Waals surface area contributed by atoms with Crippen LogP contribution in [-0.2, 0) is 12.8 Å². The summed E-state index contributed by atoms with van der Waals surface area (Å²) >= 11 is 6.98. The molecule has 141 valence electrons. The summed E-state index contributed by atoms with van der Waals surface area (Å²) in [5, 5.41) is -1.31. The van der Waals surface area contributed by atoms with Gasteiger partial charge in [0.25, 0.3) is 0 Å². The second kappa shape index (κ2) is 12.2. The van der Waals surface area contributed by atoms with Crippen molar-refractivity contribution in [3.8, 4) is 0 Å². The Hall–Kier alpha value is -0.301. The van der Waals surface area contributed by atoms with Crippen molar-refractivity contribution in [1.29, 1.82) is 0 Å². The Bertz CT molecular complexity index is 559. The molecule has 0 amide bonds. The van der Waals surface area contributed by atoms with E-state index < -0.39 is 5.15 Å². The van der Waals surface area contributed by atoms with Gasteiger partial charge in [-0.25, -0.2) is 0 Å². The molecule has 1 N–H and O–H groups in total. The molecule has 0 heterocycles. The van der Waals surface area contributed by atoms with Crippen LogP contribution in [0.1, 0.15) is 37.8 Å². The fraction of sp³-hybridized carbons (Fsp3) is 0.455. The topological polar surface area (TPSA) is 4.44 Å². The molecular formula is C22H33NPSSe+2.